The van der Waals surface area contributed by atoms with E-state index < -0.39 is 0 Å². The fraction of sp³-hybridized carbons (Fsp3) is 0.0556. The van der Waals surface area contributed by atoms with Crippen LogP contribution in [0, 0.1) is 0 Å². The third-order valence-electron chi connectivity index (χ3n) is 3.86. The van der Waals surface area contributed by atoms with E-state index in [2.05, 4.69) is 25.9 Å². The second-order valence-electron chi connectivity index (χ2n) is 5.68. The maximum atomic E-state index is 12.2. The van der Waals surface area contributed by atoms with Crippen LogP contribution in [0.3, 0.4) is 0 Å². The second-order valence-corrected chi connectivity index (χ2v) is 7.04. The number of carbonyl (C=O) groups excluding carboxylic acids is 1. The summed E-state index contributed by atoms with van der Waals surface area (Å²) in [5.41, 5.74) is 2.20. The zero-order valence-corrected chi connectivity index (χ0v) is 16.3. The summed E-state index contributed by atoms with van der Waals surface area (Å²) in [6, 6.07) is 14.3. The average molecular weight is 410 g/mol. The molecule has 2 N–H and O–H groups in total. The van der Waals surface area contributed by atoms with Crippen molar-refractivity contribution in [1.82, 2.24) is 25.1 Å². The Morgan fingerprint density at radius 3 is 2.57 bits per heavy atom. The number of hydrogen-bond acceptors (Lipinski definition) is 7. The van der Waals surface area contributed by atoms with Crippen LogP contribution in [0.25, 0.3) is 15.5 Å². The highest BCUT2D eigenvalue weighted by Gasteiger charge is 2.10. The molecule has 2 aromatic carbocycles. The second kappa shape index (κ2) is 7.71. The lowest BCUT2D eigenvalue weighted by atomic mass is 10.2. The lowest BCUT2D eigenvalue weighted by molar-refractivity contribution is 0.0977. The number of aromatic nitrogens is 4. The maximum absolute atomic E-state index is 12.2. The van der Waals surface area contributed by atoms with Gasteiger partial charge in [-0.2, -0.15) is 9.61 Å². The Morgan fingerprint density at radius 1 is 1.14 bits per heavy atom. The van der Waals surface area contributed by atoms with Gasteiger partial charge in [0.2, 0.25) is 4.96 Å². The topological polar surface area (TPSA) is 93.4 Å². The predicted octanol–water partition coefficient (Wildman–Crippen LogP) is 2.99. The molecule has 4 aromatic rings. The Balaban J connectivity index is 1.38. The first-order valence-corrected chi connectivity index (χ1v) is 9.38. The molecule has 140 valence electrons. The largest absolute Gasteiger partial charge is 0.497 e. The van der Waals surface area contributed by atoms with Crippen LogP contribution in [0.1, 0.15) is 10.4 Å². The number of carbonyl (C=O) groups is 1. The predicted molar refractivity (Wildman–Crippen MR) is 111 cm³/mol. The number of nitrogens with zero attached hydrogens (tertiary/aromatic N) is 4. The van der Waals surface area contributed by atoms with Crippen molar-refractivity contribution < 1.29 is 9.53 Å². The molecule has 0 aliphatic rings. The minimum atomic E-state index is -0.295. The molecular weight excluding hydrogens is 396 g/mol. The first-order chi connectivity index (χ1) is 13.6. The van der Waals surface area contributed by atoms with Crippen LogP contribution in [-0.2, 0) is 0 Å². The van der Waals surface area contributed by atoms with E-state index in [-0.39, 0.29) is 11.0 Å². The number of nitrogens with one attached hydrogen (secondary N) is 2. The molecule has 0 spiro atoms. The van der Waals surface area contributed by atoms with E-state index in [0.29, 0.717) is 11.3 Å². The summed E-state index contributed by atoms with van der Waals surface area (Å²) >= 11 is 6.67. The number of ether oxygens (including phenoxy) is 1. The number of methoxy groups -OCH3 is 1. The Bertz CT molecular complexity index is 1110. The average Bonchev–Trinajstić information content (AvgIpc) is 3.31. The summed E-state index contributed by atoms with van der Waals surface area (Å²) in [6.07, 6.45) is 1.56. The van der Waals surface area contributed by atoms with E-state index in [1.165, 1.54) is 11.3 Å². The van der Waals surface area contributed by atoms with Gasteiger partial charge in [-0.25, -0.2) is 0 Å². The maximum Gasteiger partial charge on any atom is 0.257 e. The van der Waals surface area contributed by atoms with Crippen LogP contribution in [0.15, 0.2) is 54.9 Å². The van der Waals surface area contributed by atoms with E-state index >= 15 is 0 Å². The van der Waals surface area contributed by atoms with Crippen molar-refractivity contribution in [3.8, 4) is 16.3 Å². The Kier molecular flexibility index (Phi) is 4.96. The fourth-order valence-electron chi connectivity index (χ4n) is 2.45. The van der Waals surface area contributed by atoms with Crippen LogP contribution in [0.5, 0.6) is 5.75 Å². The third-order valence-corrected chi connectivity index (χ3v) is 5.02. The van der Waals surface area contributed by atoms with Gasteiger partial charge in [0.05, 0.1) is 7.11 Å². The first-order valence-electron chi connectivity index (χ1n) is 8.16. The van der Waals surface area contributed by atoms with Crippen LogP contribution in [0.4, 0.5) is 5.69 Å². The van der Waals surface area contributed by atoms with Crippen molar-refractivity contribution in [2.24, 2.45) is 0 Å². The highest BCUT2D eigenvalue weighted by molar-refractivity contribution is 7.80. The van der Waals surface area contributed by atoms with E-state index in [4.69, 9.17) is 17.0 Å². The van der Waals surface area contributed by atoms with Crippen molar-refractivity contribution in [3.05, 3.63) is 60.4 Å². The molecule has 0 saturated carbocycles. The van der Waals surface area contributed by atoms with E-state index in [1.807, 2.05) is 24.3 Å². The van der Waals surface area contributed by atoms with Crippen molar-refractivity contribution in [1.29, 1.82) is 0 Å². The summed E-state index contributed by atoms with van der Waals surface area (Å²) in [7, 11) is 1.57. The monoisotopic (exact) mass is 410 g/mol. The van der Waals surface area contributed by atoms with Gasteiger partial charge in [-0.15, -0.1) is 10.2 Å². The molecule has 8 nitrogen and oxygen atoms in total. The number of benzene rings is 2. The first kappa shape index (κ1) is 18.0. The van der Waals surface area contributed by atoms with Crippen LogP contribution >= 0.6 is 23.6 Å². The quantitative estimate of drug-likeness (QED) is 0.500. The number of amides is 1. The number of fused-ring (bicyclic) bond motifs is 1. The molecule has 0 fully saturated rings. The molecule has 0 atom stereocenters. The molecule has 4 rings (SSSR count). The van der Waals surface area contributed by atoms with E-state index in [1.54, 1.807) is 42.2 Å². The van der Waals surface area contributed by atoms with Gasteiger partial charge in [-0.1, -0.05) is 11.3 Å². The number of thiocarbonyl (C=S) groups is 1. The van der Waals surface area contributed by atoms with Crippen molar-refractivity contribution in [2.45, 2.75) is 0 Å². The van der Waals surface area contributed by atoms with Gasteiger partial charge in [0, 0.05) is 16.8 Å². The van der Waals surface area contributed by atoms with E-state index in [0.717, 1.165) is 21.2 Å². The molecule has 0 unspecified atom stereocenters. The summed E-state index contributed by atoms with van der Waals surface area (Å²) in [5.74, 6) is 0.388. The molecule has 1 amide bonds. The molecule has 0 radical (unpaired) electrons. The zero-order valence-electron chi connectivity index (χ0n) is 14.6. The minimum Gasteiger partial charge on any atom is -0.497 e. The van der Waals surface area contributed by atoms with Crippen LogP contribution < -0.4 is 15.4 Å². The Hall–Kier alpha value is -3.37. The molecular formula is C18H14N6O2S2. The van der Waals surface area contributed by atoms with Gasteiger partial charge in [0.25, 0.3) is 5.91 Å². The van der Waals surface area contributed by atoms with Crippen LogP contribution in [-0.4, -0.2) is 37.9 Å². The van der Waals surface area contributed by atoms with Gasteiger partial charge in [0.15, 0.2) is 5.11 Å². The lowest BCUT2D eigenvalue weighted by Crippen LogP contribution is -2.34. The number of hydrogen-bond donors (Lipinski definition) is 2. The van der Waals surface area contributed by atoms with Gasteiger partial charge in [-0.3, -0.25) is 10.1 Å². The van der Waals surface area contributed by atoms with Gasteiger partial charge < -0.3 is 10.1 Å². The normalized spacial score (nSPS) is 10.6. The van der Waals surface area contributed by atoms with E-state index in [9.17, 15) is 4.79 Å². The Labute approximate surface area is 169 Å². The van der Waals surface area contributed by atoms with Gasteiger partial charge >= 0.3 is 0 Å². The summed E-state index contributed by atoms with van der Waals surface area (Å²) in [4.78, 5) is 13.0. The highest BCUT2D eigenvalue weighted by atomic mass is 32.1. The molecule has 10 heteroatoms. The molecule has 0 bridgehead atoms. The number of anilines is 1. The summed E-state index contributed by atoms with van der Waals surface area (Å²) in [6.45, 7) is 0. The Morgan fingerprint density at radius 2 is 1.89 bits per heavy atom. The summed E-state index contributed by atoms with van der Waals surface area (Å²) < 4.78 is 6.72. The molecule has 0 aliphatic heterocycles. The molecule has 28 heavy (non-hydrogen) atoms. The third kappa shape index (κ3) is 3.82. The molecule has 0 saturated heterocycles. The van der Waals surface area contributed by atoms with Crippen molar-refractivity contribution in [3.63, 3.8) is 0 Å². The number of rotatable bonds is 4. The fourth-order valence-corrected chi connectivity index (χ4v) is 3.49. The zero-order chi connectivity index (χ0) is 19.5. The molecule has 2 aromatic heterocycles. The molecule has 2 heterocycles. The van der Waals surface area contributed by atoms with Crippen molar-refractivity contribution in [2.75, 3.05) is 12.4 Å². The van der Waals surface area contributed by atoms with Gasteiger partial charge in [-0.05, 0) is 60.7 Å². The van der Waals surface area contributed by atoms with Crippen molar-refractivity contribution >= 4 is 45.2 Å². The SMILES string of the molecule is COc1ccc(C(=O)NC(=S)Nc2ccc(-c3nn4cnnc4s3)cc2)cc1. The molecule has 0 aliphatic carbocycles. The van der Waals surface area contributed by atoms with Crippen LogP contribution in [0.2, 0.25) is 0 Å². The smallest absolute Gasteiger partial charge is 0.257 e. The highest BCUT2D eigenvalue weighted by Crippen LogP contribution is 2.25. The lowest BCUT2D eigenvalue weighted by Gasteiger charge is -2.10. The minimum absolute atomic E-state index is 0.215. The van der Waals surface area contributed by atoms with Gasteiger partial charge in [0.1, 0.15) is 17.1 Å². The summed E-state index contributed by atoms with van der Waals surface area (Å²) in [5, 5.41) is 18.9. The standard InChI is InChI=1S/C18H14N6O2S2/c1-26-14-8-4-11(5-9-14)15(25)21-17(27)20-13-6-2-12(3-7-13)16-23-24-10-19-22-18(24)28-16/h2-10H,1H3,(H2,20,21,25,27).